The molecule has 0 amide bonds. The fourth-order valence-corrected chi connectivity index (χ4v) is 3.15. The molecule has 0 spiro atoms. The van der Waals surface area contributed by atoms with Crippen LogP contribution in [0.15, 0.2) is 0 Å². The molecule has 1 saturated heterocycles. The van der Waals surface area contributed by atoms with Crippen molar-refractivity contribution in [1.29, 1.82) is 0 Å². The molecular weight excluding hydrogens is 212 g/mol. The van der Waals surface area contributed by atoms with Crippen molar-refractivity contribution in [2.45, 2.75) is 25.3 Å². The molecule has 4 nitrogen and oxygen atoms in total. The van der Waals surface area contributed by atoms with E-state index in [1.165, 1.54) is 12.8 Å². The normalized spacial score (nSPS) is 26.7. The molecule has 0 aromatic heterocycles. The molecule has 1 N–H and O–H groups in total. The fraction of sp³-hybridized carbons (Fsp3) is 1.00. The van der Waals surface area contributed by atoms with Gasteiger partial charge in [0.1, 0.15) is 0 Å². The Bertz CT molecular complexity index is 285. The van der Waals surface area contributed by atoms with E-state index in [9.17, 15) is 8.42 Å². The second-order valence-corrected chi connectivity index (χ2v) is 6.88. The largest absolute Gasteiger partial charge is 0.314 e. The summed E-state index contributed by atoms with van der Waals surface area (Å²) in [4.78, 5) is 2.26. The fourth-order valence-electron chi connectivity index (χ4n) is 1.87. The maximum Gasteiger partial charge on any atom is 0.152 e. The molecule has 2 aliphatic rings. The summed E-state index contributed by atoms with van der Waals surface area (Å²) in [7, 11) is -2.71. The summed E-state index contributed by atoms with van der Waals surface area (Å²) in [6, 6.07) is 0.784. The average molecular weight is 232 g/mol. The van der Waals surface area contributed by atoms with Gasteiger partial charge in [0.05, 0.1) is 11.5 Å². The van der Waals surface area contributed by atoms with E-state index in [1.54, 1.807) is 0 Å². The molecule has 0 aromatic carbocycles. The molecule has 1 heterocycles. The second kappa shape index (κ2) is 4.80. The van der Waals surface area contributed by atoms with E-state index in [-0.39, 0.29) is 0 Å². The summed E-state index contributed by atoms with van der Waals surface area (Å²) in [6.45, 7) is 3.57. The SMILES string of the molecule is O=S1(=O)CCN(CCCNC2CC2)CC1. The van der Waals surface area contributed by atoms with Crippen LogP contribution in [0.25, 0.3) is 0 Å². The number of nitrogens with zero attached hydrogens (tertiary/aromatic N) is 1. The maximum atomic E-state index is 11.2. The first kappa shape index (κ1) is 11.4. The van der Waals surface area contributed by atoms with E-state index in [1.807, 2.05) is 0 Å². The van der Waals surface area contributed by atoms with Crippen LogP contribution >= 0.6 is 0 Å². The zero-order valence-corrected chi connectivity index (χ0v) is 9.93. The lowest BCUT2D eigenvalue weighted by Crippen LogP contribution is -2.41. The van der Waals surface area contributed by atoms with Gasteiger partial charge >= 0.3 is 0 Å². The van der Waals surface area contributed by atoms with Crippen molar-refractivity contribution in [3.8, 4) is 0 Å². The van der Waals surface area contributed by atoms with Crippen LogP contribution in [0.1, 0.15) is 19.3 Å². The zero-order valence-electron chi connectivity index (χ0n) is 9.11. The van der Waals surface area contributed by atoms with Gasteiger partial charge < -0.3 is 10.2 Å². The number of nitrogens with one attached hydrogen (secondary N) is 1. The molecule has 0 unspecified atom stereocenters. The van der Waals surface area contributed by atoms with Crippen LogP contribution in [0.3, 0.4) is 0 Å². The quantitative estimate of drug-likeness (QED) is 0.670. The van der Waals surface area contributed by atoms with Gasteiger partial charge in [-0.05, 0) is 32.4 Å². The summed E-state index contributed by atoms with van der Waals surface area (Å²) >= 11 is 0. The highest BCUT2D eigenvalue weighted by molar-refractivity contribution is 7.91. The van der Waals surface area contributed by atoms with Crippen LogP contribution in [0.5, 0.6) is 0 Å². The Morgan fingerprint density at radius 2 is 1.87 bits per heavy atom. The molecule has 0 aromatic rings. The predicted molar refractivity (Wildman–Crippen MR) is 60.7 cm³/mol. The highest BCUT2D eigenvalue weighted by atomic mass is 32.2. The van der Waals surface area contributed by atoms with Gasteiger partial charge in [0.2, 0.25) is 0 Å². The molecule has 5 heteroatoms. The molecule has 2 fully saturated rings. The first-order valence-corrected chi connectivity index (χ1v) is 7.64. The Balaban J connectivity index is 1.55. The predicted octanol–water partition coefficient (Wildman–Crippen LogP) is -0.141. The molecule has 0 atom stereocenters. The van der Waals surface area contributed by atoms with Gasteiger partial charge in [-0.25, -0.2) is 8.42 Å². The number of sulfone groups is 1. The maximum absolute atomic E-state index is 11.2. The van der Waals surface area contributed by atoms with Crippen molar-refractivity contribution >= 4 is 9.84 Å². The van der Waals surface area contributed by atoms with E-state index in [0.717, 1.165) is 38.6 Å². The minimum Gasteiger partial charge on any atom is -0.314 e. The summed E-state index contributed by atoms with van der Waals surface area (Å²) < 4.78 is 22.4. The third-order valence-corrected chi connectivity index (χ3v) is 4.71. The zero-order chi connectivity index (χ0) is 10.7. The highest BCUT2D eigenvalue weighted by Gasteiger charge is 2.22. The van der Waals surface area contributed by atoms with Crippen molar-refractivity contribution in [2.24, 2.45) is 0 Å². The lowest BCUT2D eigenvalue weighted by molar-refractivity contribution is 0.290. The van der Waals surface area contributed by atoms with Gasteiger partial charge in [-0.3, -0.25) is 0 Å². The minimum atomic E-state index is -2.71. The summed E-state index contributed by atoms with van der Waals surface area (Å²) in [5, 5.41) is 3.47. The van der Waals surface area contributed by atoms with Crippen molar-refractivity contribution in [2.75, 3.05) is 37.7 Å². The molecule has 0 radical (unpaired) electrons. The molecule has 1 aliphatic carbocycles. The number of rotatable bonds is 5. The van der Waals surface area contributed by atoms with Gasteiger partial charge in [0.15, 0.2) is 9.84 Å². The molecule has 2 rings (SSSR count). The number of hydrogen-bond donors (Lipinski definition) is 1. The number of hydrogen-bond acceptors (Lipinski definition) is 4. The molecular formula is C10H20N2O2S. The van der Waals surface area contributed by atoms with Gasteiger partial charge in [0, 0.05) is 19.1 Å². The summed E-state index contributed by atoms with van der Waals surface area (Å²) in [6.07, 6.45) is 3.81. The lowest BCUT2D eigenvalue weighted by atomic mass is 10.3. The van der Waals surface area contributed by atoms with Crippen molar-refractivity contribution in [3.63, 3.8) is 0 Å². The van der Waals surface area contributed by atoms with Crippen molar-refractivity contribution in [1.82, 2.24) is 10.2 Å². The van der Waals surface area contributed by atoms with Crippen LogP contribution in [-0.2, 0) is 9.84 Å². The molecule has 88 valence electrons. The third kappa shape index (κ3) is 4.09. The van der Waals surface area contributed by atoms with Crippen LogP contribution in [-0.4, -0.2) is 57.0 Å². The molecule has 0 bridgehead atoms. The summed E-state index contributed by atoms with van der Waals surface area (Å²) in [5.41, 5.74) is 0. The van der Waals surface area contributed by atoms with E-state index >= 15 is 0 Å². The molecule has 15 heavy (non-hydrogen) atoms. The first-order valence-electron chi connectivity index (χ1n) is 5.82. The Labute approximate surface area is 91.9 Å². The lowest BCUT2D eigenvalue weighted by Gasteiger charge is -2.26. The topological polar surface area (TPSA) is 49.4 Å². The van der Waals surface area contributed by atoms with Crippen LogP contribution in [0, 0.1) is 0 Å². The smallest absolute Gasteiger partial charge is 0.152 e. The van der Waals surface area contributed by atoms with E-state index < -0.39 is 9.84 Å². The molecule has 1 saturated carbocycles. The minimum absolute atomic E-state index is 0.350. The Morgan fingerprint density at radius 1 is 1.20 bits per heavy atom. The monoisotopic (exact) mass is 232 g/mol. The van der Waals surface area contributed by atoms with Gasteiger partial charge in [-0.2, -0.15) is 0 Å². The average Bonchev–Trinajstić information content (AvgIpc) is 2.98. The third-order valence-electron chi connectivity index (χ3n) is 3.10. The van der Waals surface area contributed by atoms with Crippen LogP contribution in [0.2, 0.25) is 0 Å². The van der Waals surface area contributed by atoms with Crippen LogP contribution in [0.4, 0.5) is 0 Å². The van der Waals surface area contributed by atoms with Gasteiger partial charge in [-0.1, -0.05) is 0 Å². The van der Waals surface area contributed by atoms with E-state index in [4.69, 9.17) is 0 Å². The van der Waals surface area contributed by atoms with E-state index in [2.05, 4.69) is 10.2 Å². The Morgan fingerprint density at radius 3 is 2.47 bits per heavy atom. The summed E-state index contributed by atoms with van der Waals surface area (Å²) in [5.74, 6) is 0.701. The van der Waals surface area contributed by atoms with Crippen LogP contribution < -0.4 is 5.32 Å². The van der Waals surface area contributed by atoms with Crippen molar-refractivity contribution in [3.05, 3.63) is 0 Å². The Hall–Kier alpha value is -0.130. The Kier molecular flexibility index (Phi) is 3.64. The standard InChI is InChI=1S/C10H20N2O2S/c13-15(14)8-6-12(7-9-15)5-1-4-11-10-2-3-10/h10-11H,1-9H2. The second-order valence-electron chi connectivity index (χ2n) is 4.58. The molecule has 1 aliphatic heterocycles. The highest BCUT2D eigenvalue weighted by Crippen LogP contribution is 2.18. The van der Waals surface area contributed by atoms with Crippen molar-refractivity contribution < 1.29 is 8.42 Å². The first-order chi connectivity index (χ1) is 7.16. The van der Waals surface area contributed by atoms with E-state index in [0.29, 0.717) is 11.5 Å². The van der Waals surface area contributed by atoms with Gasteiger partial charge in [0.25, 0.3) is 0 Å². The van der Waals surface area contributed by atoms with Gasteiger partial charge in [-0.15, -0.1) is 0 Å².